The number of aromatic nitrogens is 2. The highest BCUT2D eigenvalue weighted by atomic mass is 19.1. The Morgan fingerprint density at radius 2 is 2.15 bits per heavy atom. The van der Waals surface area contributed by atoms with Crippen molar-refractivity contribution in [2.24, 2.45) is 0 Å². The fourth-order valence-electron chi connectivity index (χ4n) is 3.00. The minimum Gasteiger partial charge on any atom is -0.390 e. The average molecular weight is 377 g/mol. The first-order valence-electron chi connectivity index (χ1n) is 8.61. The van der Waals surface area contributed by atoms with E-state index in [0.717, 1.165) is 0 Å². The number of ether oxygens (including phenoxy) is 1. The maximum atomic E-state index is 13.6. The van der Waals surface area contributed by atoms with Gasteiger partial charge in [-0.15, -0.1) is 0 Å². The Hall–Kier alpha value is -2.78. The van der Waals surface area contributed by atoms with Gasteiger partial charge in [-0.25, -0.2) is 9.18 Å². The van der Waals surface area contributed by atoms with E-state index in [4.69, 9.17) is 4.74 Å². The van der Waals surface area contributed by atoms with Gasteiger partial charge in [-0.1, -0.05) is 19.1 Å². The van der Waals surface area contributed by atoms with Crippen LogP contribution < -0.4 is 16.6 Å². The van der Waals surface area contributed by atoms with Crippen LogP contribution in [0, 0.1) is 5.82 Å². The third-order valence-corrected chi connectivity index (χ3v) is 4.52. The summed E-state index contributed by atoms with van der Waals surface area (Å²) in [4.78, 5) is 38.0. The van der Waals surface area contributed by atoms with Gasteiger partial charge in [0, 0.05) is 24.7 Å². The van der Waals surface area contributed by atoms with Gasteiger partial charge < -0.3 is 15.2 Å². The van der Waals surface area contributed by atoms with Gasteiger partial charge >= 0.3 is 5.69 Å². The summed E-state index contributed by atoms with van der Waals surface area (Å²) < 4.78 is 20.5. The molecule has 1 amide bonds. The third-order valence-electron chi connectivity index (χ3n) is 4.52. The van der Waals surface area contributed by atoms with Gasteiger partial charge in [0.1, 0.15) is 18.1 Å². The molecule has 0 saturated carbocycles. The van der Waals surface area contributed by atoms with Crippen LogP contribution in [-0.2, 0) is 11.2 Å². The van der Waals surface area contributed by atoms with Gasteiger partial charge in [-0.05, 0) is 18.6 Å². The molecule has 1 unspecified atom stereocenters. The van der Waals surface area contributed by atoms with Crippen LogP contribution in [0.15, 0.2) is 40.1 Å². The number of nitrogens with zero attached hydrogens (tertiary/aromatic N) is 1. The average Bonchev–Trinajstić information content (AvgIpc) is 3.00. The lowest BCUT2D eigenvalue weighted by atomic mass is 10.1. The van der Waals surface area contributed by atoms with E-state index in [9.17, 15) is 23.9 Å². The number of hydrogen-bond donors (Lipinski definition) is 3. The molecule has 27 heavy (non-hydrogen) atoms. The Kier molecular flexibility index (Phi) is 5.52. The number of halogens is 1. The van der Waals surface area contributed by atoms with Crippen molar-refractivity contribution in [1.29, 1.82) is 0 Å². The molecule has 144 valence electrons. The molecule has 0 spiro atoms. The number of nitrogens with one attached hydrogen (secondary N) is 2. The Morgan fingerprint density at radius 3 is 2.85 bits per heavy atom. The van der Waals surface area contributed by atoms with Crippen LogP contribution in [0.3, 0.4) is 0 Å². The van der Waals surface area contributed by atoms with Crippen molar-refractivity contribution < 1.29 is 19.0 Å². The lowest BCUT2D eigenvalue weighted by molar-refractivity contribution is -0.0187. The molecule has 0 aliphatic carbocycles. The molecule has 2 aromatic rings. The lowest BCUT2D eigenvalue weighted by Crippen LogP contribution is -2.37. The predicted molar refractivity (Wildman–Crippen MR) is 94.0 cm³/mol. The van der Waals surface area contributed by atoms with Gasteiger partial charge in [-0.2, -0.15) is 0 Å². The number of hydrogen-bond acceptors (Lipinski definition) is 5. The zero-order valence-electron chi connectivity index (χ0n) is 14.6. The summed E-state index contributed by atoms with van der Waals surface area (Å²) in [6, 6.07) is 5.56. The molecule has 3 rings (SSSR count). The molecule has 3 atom stereocenters. The second-order valence-corrected chi connectivity index (χ2v) is 6.30. The van der Waals surface area contributed by atoms with E-state index in [2.05, 4.69) is 10.3 Å². The standard InChI is InChI=1S/C18H20FN3O5/c1-2-10-9-22(18(26)21-16(10)24)15-7-13(23)14(27-15)8-20-17(25)11-5-3-4-6-12(11)19/h3-6,9,13-15,23H,2,7-8H2,1H3,(H,20,25)(H,21,24,26)/t13?,14-,15-/m0/s1. The predicted octanol–water partition coefficient (Wildman–Crippen LogP) is 0.317. The number of aliphatic hydroxyl groups is 1. The highest BCUT2D eigenvalue weighted by Crippen LogP contribution is 2.27. The van der Waals surface area contributed by atoms with Crippen LogP contribution in [0.5, 0.6) is 0 Å². The highest BCUT2D eigenvalue weighted by Gasteiger charge is 2.35. The number of H-pyrrole nitrogens is 1. The van der Waals surface area contributed by atoms with Crippen LogP contribution in [-0.4, -0.2) is 39.3 Å². The van der Waals surface area contributed by atoms with Crippen molar-refractivity contribution in [1.82, 2.24) is 14.9 Å². The van der Waals surface area contributed by atoms with Crippen LogP contribution in [0.25, 0.3) is 0 Å². The first-order valence-corrected chi connectivity index (χ1v) is 8.61. The van der Waals surface area contributed by atoms with Gasteiger partial charge in [0.15, 0.2) is 0 Å². The first-order chi connectivity index (χ1) is 12.9. The number of aliphatic hydroxyl groups excluding tert-OH is 1. The maximum absolute atomic E-state index is 13.6. The molecule has 1 aliphatic heterocycles. The zero-order chi connectivity index (χ0) is 19.6. The normalized spacial score (nSPS) is 22.0. The van der Waals surface area contributed by atoms with Gasteiger partial charge in [0.2, 0.25) is 0 Å². The molecular weight excluding hydrogens is 357 g/mol. The lowest BCUT2D eigenvalue weighted by Gasteiger charge is -2.17. The zero-order valence-corrected chi connectivity index (χ0v) is 14.6. The number of carbonyl (C=O) groups is 1. The molecular formula is C18H20FN3O5. The maximum Gasteiger partial charge on any atom is 0.330 e. The molecule has 1 aliphatic rings. The van der Waals surface area contributed by atoms with E-state index in [1.54, 1.807) is 13.0 Å². The summed E-state index contributed by atoms with van der Waals surface area (Å²) in [6.45, 7) is 1.73. The van der Waals surface area contributed by atoms with Gasteiger partial charge in [-0.3, -0.25) is 19.1 Å². The quantitative estimate of drug-likeness (QED) is 0.694. The van der Waals surface area contributed by atoms with E-state index < -0.39 is 41.4 Å². The van der Waals surface area contributed by atoms with E-state index in [1.165, 1.54) is 29.0 Å². The summed E-state index contributed by atoms with van der Waals surface area (Å²) >= 11 is 0. The number of amides is 1. The Balaban J connectivity index is 1.69. The second-order valence-electron chi connectivity index (χ2n) is 6.30. The Labute approximate surface area is 153 Å². The van der Waals surface area contributed by atoms with Crippen molar-refractivity contribution in [3.8, 4) is 0 Å². The third kappa shape index (κ3) is 3.99. The van der Waals surface area contributed by atoms with Crippen LogP contribution in [0.2, 0.25) is 0 Å². The highest BCUT2D eigenvalue weighted by molar-refractivity contribution is 5.94. The number of aryl methyl sites for hydroxylation is 1. The van der Waals surface area contributed by atoms with Crippen molar-refractivity contribution in [2.75, 3.05) is 6.54 Å². The van der Waals surface area contributed by atoms with Crippen molar-refractivity contribution >= 4 is 5.91 Å². The first kappa shape index (κ1) is 19.0. The molecule has 1 fully saturated rings. The number of carbonyl (C=O) groups excluding carboxylic acids is 1. The second kappa shape index (κ2) is 7.85. The molecule has 0 bridgehead atoms. The molecule has 1 aromatic carbocycles. The Morgan fingerprint density at radius 1 is 1.41 bits per heavy atom. The molecule has 0 radical (unpaired) electrons. The summed E-state index contributed by atoms with van der Waals surface area (Å²) in [5.74, 6) is -1.27. The smallest absolute Gasteiger partial charge is 0.330 e. The fourth-order valence-corrected chi connectivity index (χ4v) is 3.00. The summed E-state index contributed by atoms with van der Waals surface area (Å²) in [6.07, 6.45) is -0.499. The van der Waals surface area contributed by atoms with Crippen LogP contribution >= 0.6 is 0 Å². The summed E-state index contributed by atoms with van der Waals surface area (Å²) in [5.41, 5.74) is -0.772. The number of aromatic amines is 1. The van der Waals surface area contributed by atoms with E-state index in [-0.39, 0.29) is 18.5 Å². The van der Waals surface area contributed by atoms with Gasteiger partial charge in [0.05, 0.1) is 11.7 Å². The van der Waals surface area contributed by atoms with Crippen LogP contribution in [0.4, 0.5) is 4.39 Å². The monoisotopic (exact) mass is 377 g/mol. The van der Waals surface area contributed by atoms with E-state index in [1.807, 2.05) is 0 Å². The largest absolute Gasteiger partial charge is 0.390 e. The molecule has 1 aromatic heterocycles. The van der Waals surface area contributed by atoms with Crippen molar-refractivity contribution in [3.05, 3.63) is 68.2 Å². The number of rotatable bonds is 5. The van der Waals surface area contributed by atoms with Crippen LogP contribution in [0.1, 0.15) is 35.5 Å². The topological polar surface area (TPSA) is 113 Å². The fraction of sp³-hybridized carbons (Fsp3) is 0.389. The van der Waals surface area contributed by atoms with Gasteiger partial charge in [0.25, 0.3) is 11.5 Å². The SMILES string of the molecule is CCc1cn([C@@H]2CC(O)[C@H](CNC(=O)c3ccccc3F)O2)c(=O)[nH]c1=O. The van der Waals surface area contributed by atoms with Crippen molar-refractivity contribution in [2.45, 2.75) is 38.2 Å². The molecule has 9 heteroatoms. The molecule has 1 saturated heterocycles. The molecule has 2 heterocycles. The summed E-state index contributed by atoms with van der Waals surface area (Å²) in [5, 5.41) is 12.7. The molecule has 8 nitrogen and oxygen atoms in total. The minimum atomic E-state index is -0.931. The van der Waals surface area contributed by atoms with E-state index in [0.29, 0.717) is 12.0 Å². The van der Waals surface area contributed by atoms with Crippen molar-refractivity contribution in [3.63, 3.8) is 0 Å². The van der Waals surface area contributed by atoms with E-state index >= 15 is 0 Å². The Bertz CT molecular complexity index is 954. The molecule has 3 N–H and O–H groups in total. The summed E-state index contributed by atoms with van der Waals surface area (Å²) in [7, 11) is 0. The minimum absolute atomic E-state index is 0.0520. The number of benzene rings is 1.